The lowest BCUT2D eigenvalue weighted by Crippen LogP contribution is -2.27. The smallest absolute Gasteiger partial charge is 0.335 e. The van der Waals surface area contributed by atoms with Crippen molar-refractivity contribution in [1.82, 2.24) is 5.32 Å². The SMILES string of the molecule is COc1cc(C(=O)O)ccc1CCNC(=O)c1cccc2c1OCCO2. The van der Waals surface area contributed by atoms with Gasteiger partial charge in [0.15, 0.2) is 11.5 Å². The predicted octanol–water partition coefficient (Wildman–Crippen LogP) is 2.14. The van der Waals surface area contributed by atoms with E-state index in [2.05, 4.69) is 5.32 Å². The van der Waals surface area contributed by atoms with Crippen LogP contribution in [0.1, 0.15) is 26.3 Å². The number of hydrogen-bond acceptors (Lipinski definition) is 5. The number of benzene rings is 2. The van der Waals surface area contributed by atoms with Gasteiger partial charge in [-0.1, -0.05) is 12.1 Å². The quantitative estimate of drug-likeness (QED) is 0.823. The third-order valence-electron chi connectivity index (χ3n) is 4.02. The van der Waals surface area contributed by atoms with Gasteiger partial charge in [0.05, 0.1) is 18.2 Å². The molecule has 2 aromatic rings. The van der Waals surface area contributed by atoms with E-state index >= 15 is 0 Å². The number of methoxy groups -OCH3 is 1. The first kappa shape index (κ1) is 17.6. The van der Waals surface area contributed by atoms with Crippen molar-refractivity contribution in [2.24, 2.45) is 0 Å². The first-order valence-corrected chi connectivity index (χ1v) is 8.17. The maximum Gasteiger partial charge on any atom is 0.335 e. The molecular weight excluding hydrogens is 338 g/mol. The summed E-state index contributed by atoms with van der Waals surface area (Å²) in [6, 6.07) is 9.87. The Kier molecular flexibility index (Phi) is 5.26. The second-order valence-electron chi connectivity index (χ2n) is 5.67. The van der Waals surface area contributed by atoms with Crippen LogP contribution < -0.4 is 19.5 Å². The zero-order chi connectivity index (χ0) is 18.5. The minimum absolute atomic E-state index is 0.155. The van der Waals surface area contributed by atoms with Crippen LogP contribution in [0.4, 0.5) is 0 Å². The lowest BCUT2D eigenvalue weighted by molar-refractivity contribution is 0.0696. The number of carbonyl (C=O) groups is 2. The molecule has 7 nitrogen and oxygen atoms in total. The van der Waals surface area contributed by atoms with E-state index in [0.29, 0.717) is 49.0 Å². The predicted molar refractivity (Wildman–Crippen MR) is 93.4 cm³/mol. The van der Waals surface area contributed by atoms with Crippen LogP contribution in [0.5, 0.6) is 17.2 Å². The molecule has 3 rings (SSSR count). The molecule has 0 aromatic heterocycles. The van der Waals surface area contributed by atoms with Crippen LogP contribution in [0.15, 0.2) is 36.4 Å². The number of aromatic carboxylic acids is 1. The van der Waals surface area contributed by atoms with E-state index in [9.17, 15) is 9.59 Å². The van der Waals surface area contributed by atoms with Gasteiger partial charge < -0.3 is 24.6 Å². The van der Waals surface area contributed by atoms with Crippen LogP contribution in [-0.4, -0.2) is 43.9 Å². The van der Waals surface area contributed by atoms with Crippen molar-refractivity contribution in [3.63, 3.8) is 0 Å². The van der Waals surface area contributed by atoms with Crippen LogP contribution in [0, 0.1) is 0 Å². The average molecular weight is 357 g/mol. The van der Waals surface area contributed by atoms with Crippen LogP contribution in [-0.2, 0) is 6.42 Å². The maximum absolute atomic E-state index is 12.4. The molecule has 7 heteroatoms. The third-order valence-corrected chi connectivity index (χ3v) is 4.02. The molecule has 0 radical (unpaired) electrons. The molecule has 0 atom stereocenters. The highest BCUT2D eigenvalue weighted by Gasteiger charge is 2.20. The molecule has 0 saturated carbocycles. The number of carboxylic acid groups (broad SMARTS) is 1. The van der Waals surface area contributed by atoms with E-state index in [1.54, 1.807) is 24.3 Å². The molecule has 1 aliphatic rings. The Hall–Kier alpha value is -3.22. The van der Waals surface area contributed by atoms with E-state index in [0.717, 1.165) is 5.56 Å². The van der Waals surface area contributed by atoms with Crippen molar-refractivity contribution >= 4 is 11.9 Å². The summed E-state index contributed by atoms with van der Waals surface area (Å²) in [6.45, 7) is 1.24. The molecule has 2 aromatic carbocycles. The number of nitrogens with one attached hydrogen (secondary N) is 1. The Morgan fingerprint density at radius 2 is 2.00 bits per heavy atom. The van der Waals surface area contributed by atoms with Crippen LogP contribution >= 0.6 is 0 Å². The van der Waals surface area contributed by atoms with E-state index in [1.807, 2.05) is 0 Å². The molecule has 0 spiro atoms. The van der Waals surface area contributed by atoms with Gasteiger partial charge in [-0.15, -0.1) is 0 Å². The molecule has 1 amide bonds. The minimum Gasteiger partial charge on any atom is -0.496 e. The summed E-state index contributed by atoms with van der Waals surface area (Å²) in [7, 11) is 1.48. The summed E-state index contributed by atoms with van der Waals surface area (Å²) >= 11 is 0. The second-order valence-corrected chi connectivity index (χ2v) is 5.67. The lowest BCUT2D eigenvalue weighted by Gasteiger charge is -2.20. The van der Waals surface area contributed by atoms with E-state index in [4.69, 9.17) is 19.3 Å². The minimum atomic E-state index is -1.01. The summed E-state index contributed by atoms with van der Waals surface area (Å²) < 4.78 is 16.3. The Balaban J connectivity index is 1.65. The Morgan fingerprint density at radius 3 is 2.77 bits per heavy atom. The Bertz CT molecular complexity index is 833. The van der Waals surface area contributed by atoms with Gasteiger partial charge in [0.1, 0.15) is 19.0 Å². The largest absolute Gasteiger partial charge is 0.496 e. The Morgan fingerprint density at radius 1 is 1.19 bits per heavy atom. The fourth-order valence-corrected chi connectivity index (χ4v) is 2.74. The van der Waals surface area contributed by atoms with Crippen molar-refractivity contribution in [2.75, 3.05) is 26.9 Å². The third kappa shape index (κ3) is 3.72. The number of rotatable bonds is 6. The highest BCUT2D eigenvalue weighted by molar-refractivity contribution is 5.97. The molecule has 0 saturated heterocycles. The fourth-order valence-electron chi connectivity index (χ4n) is 2.74. The van der Waals surface area contributed by atoms with E-state index in [-0.39, 0.29) is 11.5 Å². The van der Waals surface area contributed by atoms with Crippen molar-refractivity contribution < 1.29 is 28.9 Å². The van der Waals surface area contributed by atoms with Crippen LogP contribution in [0.3, 0.4) is 0 Å². The molecule has 2 N–H and O–H groups in total. The summed E-state index contributed by atoms with van der Waals surface area (Å²) in [6.07, 6.45) is 0.501. The summed E-state index contributed by atoms with van der Waals surface area (Å²) in [5, 5.41) is 11.9. The van der Waals surface area contributed by atoms with Gasteiger partial charge in [0, 0.05) is 6.54 Å². The molecule has 0 unspecified atom stereocenters. The first-order valence-electron chi connectivity index (χ1n) is 8.17. The van der Waals surface area contributed by atoms with Gasteiger partial charge in [0.25, 0.3) is 5.91 Å². The number of hydrogen-bond donors (Lipinski definition) is 2. The van der Waals surface area contributed by atoms with Crippen LogP contribution in [0.25, 0.3) is 0 Å². The standard InChI is InChI=1S/C19H19NO6/c1-24-16-11-13(19(22)23)6-5-12(16)7-8-20-18(21)14-3-2-4-15-17(14)26-10-9-25-15/h2-6,11H,7-10H2,1H3,(H,20,21)(H,22,23). The van der Waals surface area contributed by atoms with Gasteiger partial charge in [-0.2, -0.15) is 0 Å². The number of carboxylic acids is 1. The molecule has 1 aliphatic heterocycles. The normalized spacial score (nSPS) is 12.3. The van der Waals surface area contributed by atoms with E-state index < -0.39 is 5.97 Å². The summed E-state index contributed by atoms with van der Waals surface area (Å²) in [5.41, 5.74) is 1.39. The molecule has 1 heterocycles. The highest BCUT2D eigenvalue weighted by Crippen LogP contribution is 2.33. The number of carbonyl (C=O) groups excluding carboxylic acids is 1. The highest BCUT2D eigenvalue weighted by atomic mass is 16.6. The Labute approximate surface area is 150 Å². The average Bonchev–Trinajstić information content (AvgIpc) is 2.67. The van der Waals surface area contributed by atoms with Crippen molar-refractivity contribution in [3.05, 3.63) is 53.1 Å². The topological polar surface area (TPSA) is 94.1 Å². The summed E-state index contributed by atoms with van der Waals surface area (Å²) in [4.78, 5) is 23.5. The maximum atomic E-state index is 12.4. The molecule has 0 bridgehead atoms. The second kappa shape index (κ2) is 7.77. The fraction of sp³-hybridized carbons (Fsp3) is 0.263. The van der Waals surface area contributed by atoms with Gasteiger partial charge in [-0.25, -0.2) is 4.79 Å². The zero-order valence-corrected chi connectivity index (χ0v) is 14.3. The first-order chi connectivity index (χ1) is 12.6. The molecule has 136 valence electrons. The lowest BCUT2D eigenvalue weighted by atomic mass is 10.1. The van der Waals surface area contributed by atoms with Crippen molar-refractivity contribution in [1.29, 1.82) is 0 Å². The number of amides is 1. The van der Waals surface area contributed by atoms with E-state index in [1.165, 1.54) is 19.2 Å². The monoisotopic (exact) mass is 357 g/mol. The number of fused-ring (bicyclic) bond motifs is 1. The number of ether oxygens (including phenoxy) is 3. The molecule has 0 fully saturated rings. The van der Waals surface area contributed by atoms with Gasteiger partial charge in [-0.3, -0.25) is 4.79 Å². The molecule has 26 heavy (non-hydrogen) atoms. The number of para-hydroxylation sites is 1. The van der Waals surface area contributed by atoms with Gasteiger partial charge >= 0.3 is 5.97 Å². The van der Waals surface area contributed by atoms with Crippen LogP contribution in [0.2, 0.25) is 0 Å². The zero-order valence-electron chi connectivity index (χ0n) is 14.3. The van der Waals surface area contributed by atoms with Gasteiger partial charge in [-0.05, 0) is 36.2 Å². The summed E-state index contributed by atoms with van der Waals surface area (Å²) in [5.74, 6) is 0.232. The van der Waals surface area contributed by atoms with Gasteiger partial charge in [0.2, 0.25) is 0 Å². The van der Waals surface area contributed by atoms with Crippen molar-refractivity contribution in [3.8, 4) is 17.2 Å². The van der Waals surface area contributed by atoms with Crippen molar-refractivity contribution in [2.45, 2.75) is 6.42 Å². The molecule has 0 aliphatic carbocycles. The molecular formula is C19H19NO6.